The Bertz CT molecular complexity index is 1050. The molecule has 3 N–H and O–H groups in total. The minimum Gasteiger partial charge on any atom is -0.494 e. The summed E-state index contributed by atoms with van der Waals surface area (Å²) < 4.78 is 4.74. The summed E-state index contributed by atoms with van der Waals surface area (Å²) in [5, 5.41) is 16.2. The summed E-state index contributed by atoms with van der Waals surface area (Å²) in [5.74, 6) is -1.29. The van der Waals surface area contributed by atoms with Crippen LogP contribution < -0.4 is 15.4 Å². The van der Waals surface area contributed by atoms with Crippen molar-refractivity contribution in [2.24, 2.45) is 17.8 Å². The van der Waals surface area contributed by atoms with E-state index in [1.165, 1.54) is 0 Å². The molecule has 3 heterocycles. The maximum absolute atomic E-state index is 14.2. The molecule has 0 aromatic heterocycles. The van der Waals surface area contributed by atoms with Gasteiger partial charge >= 0.3 is 0 Å². The van der Waals surface area contributed by atoms with Crippen LogP contribution >= 0.6 is 27.7 Å². The van der Waals surface area contributed by atoms with Gasteiger partial charge in [-0.3, -0.25) is 14.4 Å². The number of nitrogens with one attached hydrogen (secondary N) is 2. The number of aliphatic hydroxyl groups excluding tert-OH is 1. The average molecular weight is 597 g/mol. The quantitative estimate of drug-likeness (QED) is 0.397. The number of anilines is 1. The number of hydrogen-bond acceptors (Lipinski definition) is 6. The molecule has 3 aliphatic heterocycles. The fraction of sp³-hybridized carbons (Fsp3) is 0.667. The molecule has 1 aromatic rings. The van der Waals surface area contributed by atoms with Crippen LogP contribution in [-0.4, -0.2) is 73.4 Å². The van der Waals surface area contributed by atoms with Crippen molar-refractivity contribution >= 4 is 51.1 Å². The van der Waals surface area contributed by atoms with Crippen molar-refractivity contribution in [3.63, 3.8) is 0 Å². The Hall–Kier alpha value is -1.78. The lowest BCUT2D eigenvalue weighted by Crippen LogP contribution is -2.60. The summed E-state index contributed by atoms with van der Waals surface area (Å²) >= 11 is 5.37. The molecule has 4 rings (SSSR count). The van der Waals surface area contributed by atoms with E-state index in [0.29, 0.717) is 24.5 Å². The molecule has 37 heavy (non-hydrogen) atoms. The van der Waals surface area contributed by atoms with Crippen LogP contribution in [0.3, 0.4) is 0 Å². The van der Waals surface area contributed by atoms with Crippen LogP contribution in [0, 0.1) is 17.8 Å². The lowest BCUT2D eigenvalue weighted by Gasteiger charge is -2.39. The van der Waals surface area contributed by atoms with Crippen LogP contribution in [0.1, 0.15) is 48.0 Å². The molecule has 204 valence electrons. The number of ether oxygens (including phenoxy) is 1. The van der Waals surface area contributed by atoms with Gasteiger partial charge in [0.25, 0.3) is 0 Å². The molecule has 1 spiro atoms. The predicted molar refractivity (Wildman–Crippen MR) is 149 cm³/mol. The highest BCUT2D eigenvalue weighted by Crippen LogP contribution is 2.68. The van der Waals surface area contributed by atoms with Crippen molar-refractivity contribution in [3.8, 4) is 5.75 Å². The predicted octanol–water partition coefficient (Wildman–Crippen LogP) is 3.42. The van der Waals surface area contributed by atoms with Crippen molar-refractivity contribution in [2.45, 2.75) is 80.4 Å². The zero-order chi connectivity index (χ0) is 27.3. The lowest BCUT2D eigenvalue weighted by molar-refractivity contribution is -0.143. The van der Waals surface area contributed by atoms with Crippen LogP contribution in [-0.2, 0) is 14.4 Å². The van der Waals surface area contributed by atoms with Gasteiger partial charge in [-0.15, -0.1) is 11.8 Å². The largest absolute Gasteiger partial charge is 0.494 e. The molecular formula is C27H38BrN3O5S. The van der Waals surface area contributed by atoms with Gasteiger partial charge in [-0.05, 0) is 64.3 Å². The highest BCUT2D eigenvalue weighted by atomic mass is 79.9. The number of likely N-dealkylation sites (tertiary alicyclic amines) is 1. The summed E-state index contributed by atoms with van der Waals surface area (Å²) in [5.41, 5.74) is 0.133. The number of thioether (sulfide) groups is 1. The van der Waals surface area contributed by atoms with E-state index < -0.39 is 34.2 Å². The third kappa shape index (κ3) is 5.01. The van der Waals surface area contributed by atoms with Crippen LogP contribution in [0.5, 0.6) is 5.75 Å². The molecule has 8 nitrogen and oxygen atoms in total. The average Bonchev–Trinajstić information content (AvgIpc) is 3.38. The van der Waals surface area contributed by atoms with Crippen LogP contribution in [0.4, 0.5) is 5.69 Å². The molecule has 0 saturated carbocycles. The van der Waals surface area contributed by atoms with E-state index >= 15 is 0 Å². The summed E-state index contributed by atoms with van der Waals surface area (Å²) in [6, 6.07) is 5.87. The van der Waals surface area contributed by atoms with Crippen LogP contribution in [0.15, 0.2) is 24.3 Å². The number of halogens is 1. The maximum Gasteiger partial charge on any atom is 0.244 e. The molecule has 3 unspecified atom stereocenters. The van der Waals surface area contributed by atoms with E-state index in [0.717, 1.165) is 0 Å². The van der Waals surface area contributed by atoms with E-state index in [1.807, 2.05) is 41.5 Å². The van der Waals surface area contributed by atoms with Gasteiger partial charge in [0.1, 0.15) is 11.8 Å². The standard InChI is InChI=1S/C27H38BrN3O5S/c1-7-36-16-10-8-15(9-11-16)29-23(33)19-20-25(35)31(18(13-32)14(2)3)22(24(34)30-26(4,5)6)27(20)12-17(28)21(19)37-27/h8-11,14,17-22,32H,7,12-13H2,1-6H3,(H,29,33)(H,30,34)/t17?,18-,19-,20-,21-,22?,27?/m0/s1. The molecule has 3 aliphatic rings. The summed E-state index contributed by atoms with van der Waals surface area (Å²) in [6.45, 7) is 11.8. The molecule has 3 fully saturated rings. The first-order valence-electron chi connectivity index (χ1n) is 12.9. The van der Waals surface area contributed by atoms with Crippen LogP contribution in [0.2, 0.25) is 0 Å². The molecule has 2 bridgehead atoms. The van der Waals surface area contributed by atoms with Gasteiger partial charge in [0.15, 0.2) is 0 Å². The molecule has 3 amide bonds. The van der Waals surface area contributed by atoms with Crippen molar-refractivity contribution in [2.75, 3.05) is 18.5 Å². The van der Waals surface area contributed by atoms with E-state index in [2.05, 4.69) is 26.6 Å². The highest BCUT2D eigenvalue weighted by molar-refractivity contribution is 9.09. The number of carbonyl (C=O) groups is 3. The van der Waals surface area contributed by atoms with Gasteiger partial charge in [0, 0.05) is 21.3 Å². The van der Waals surface area contributed by atoms with E-state index in [4.69, 9.17) is 4.74 Å². The number of amides is 3. The van der Waals surface area contributed by atoms with Crippen LogP contribution in [0.25, 0.3) is 0 Å². The zero-order valence-electron chi connectivity index (χ0n) is 22.3. The number of alkyl halides is 1. The van der Waals surface area contributed by atoms with E-state index in [-0.39, 0.29) is 40.3 Å². The Morgan fingerprint density at radius 3 is 2.43 bits per heavy atom. The number of hydrogen-bond donors (Lipinski definition) is 3. The van der Waals surface area contributed by atoms with Gasteiger partial charge in [-0.2, -0.15) is 0 Å². The smallest absolute Gasteiger partial charge is 0.244 e. The topological polar surface area (TPSA) is 108 Å². The molecule has 0 radical (unpaired) electrons. The van der Waals surface area contributed by atoms with E-state index in [1.54, 1.807) is 40.9 Å². The third-order valence-corrected chi connectivity index (χ3v) is 10.7. The minimum atomic E-state index is -0.776. The monoisotopic (exact) mass is 595 g/mol. The number of nitrogens with zero attached hydrogens (tertiary/aromatic N) is 1. The fourth-order valence-electron chi connectivity index (χ4n) is 6.11. The second kappa shape index (κ2) is 10.4. The zero-order valence-corrected chi connectivity index (χ0v) is 24.7. The molecule has 7 atom stereocenters. The second-order valence-electron chi connectivity index (χ2n) is 11.6. The molecule has 3 saturated heterocycles. The van der Waals surface area contributed by atoms with Gasteiger partial charge in [0.2, 0.25) is 17.7 Å². The Kier molecular flexibility index (Phi) is 7.95. The first-order chi connectivity index (χ1) is 17.3. The van der Waals surface area contributed by atoms with Gasteiger partial charge in [-0.1, -0.05) is 29.8 Å². The number of fused-ring (bicyclic) bond motifs is 1. The van der Waals surface area contributed by atoms with E-state index in [9.17, 15) is 19.5 Å². The first kappa shape index (κ1) is 28.2. The summed E-state index contributed by atoms with van der Waals surface area (Å²) in [6.07, 6.45) is 0.598. The first-order valence-corrected chi connectivity index (χ1v) is 14.7. The lowest BCUT2D eigenvalue weighted by atomic mass is 9.70. The van der Waals surface area contributed by atoms with Crippen molar-refractivity contribution in [1.82, 2.24) is 10.2 Å². The van der Waals surface area contributed by atoms with Gasteiger partial charge in [-0.25, -0.2) is 0 Å². The number of aliphatic hydroxyl groups is 1. The maximum atomic E-state index is 14.2. The number of benzene rings is 1. The van der Waals surface area contributed by atoms with Crippen molar-refractivity contribution < 1.29 is 24.2 Å². The Labute approximate surface area is 231 Å². The third-order valence-electron chi connectivity index (χ3n) is 7.52. The SMILES string of the molecule is CCOc1ccc(NC(=O)[C@H]2[C@H]3C(=O)N([C@@H](CO)C(C)C)C(C(=O)NC(C)(C)C)C34CC(Br)[C@@H]2S4)cc1. The Morgan fingerprint density at radius 1 is 1.24 bits per heavy atom. The Balaban J connectivity index is 1.70. The summed E-state index contributed by atoms with van der Waals surface area (Å²) in [4.78, 5) is 43.3. The van der Waals surface area contributed by atoms with Gasteiger partial charge in [0.05, 0.1) is 35.8 Å². The number of rotatable bonds is 8. The molecular weight excluding hydrogens is 558 g/mol. The number of carbonyl (C=O) groups excluding carboxylic acids is 3. The molecule has 10 heteroatoms. The van der Waals surface area contributed by atoms with Gasteiger partial charge < -0.3 is 25.4 Å². The summed E-state index contributed by atoms with van der Waals surface area (Å²) in [7, 11) is 0. The fourth-order valence-corrected chi connectivity index (χ4v) is 9.71. The van der Waals surface area contributed by atoms with Crippen molar-refractivity contribution in [1.29, 1.82) is 0 Å². The normalized spacial score (nSPS) is 31.4. The highest BCUT2D eigenvalue weighted by Gasteiger charge is 2.76. The Morgan fingerprint density at radius 2 is 1.89 bits per heavy atom. The van der Waals surface area contributed by atoms with Crippen molar-refractivity contribution in [3.05, 3.63) is 24.3 Å². The minimum absolute atomic E-state index is 0.0193. The molecule has 0 aliphatic carbocycles. The second-order valence-corrected chi connectivity index (χ2v) is 14.3. The molecule has 1 aromatic carbocycles.